The second-order valence-corrected chi connectivity index (χ2v) is 5.44. The van der Waals surface area contributed by atoms with E-state index in [2.05, 4.69) is 15.6 Å². The molecule has 0 spiro atoms. The summed E-state index contributed by atoms with van der Waals surface area (Å²) < 4.78 is 0. The maximum absolute atomic E-state index is 12.0. The molecule has 0 saturated heterocycles. The molecule has 0 bridgehead atoms. The van der Waals surface area contributed by atoms with Gasteiger partial charge in [0.05, 0.1) is 0 Å². The van der Waals surface area contributed by atoms with Gasteiger partial charge < -0.3 is 10.6 Å². The molecule has 112 valence electrons. The fourth-order valence-corrected chi connectivity index (χ4v) is 2.10. The van der Waals surface area contributed by atoms with Crippen molar-refractivity contribution in [2.75, 3.05) is 5.32 Å². The lowest BCUT2D eigenvalue weighted by Gasteiger charge is -2.09. The lowest BCUT2D eigenvalue weighted by atomic mass is 10.1. The number of benzene rings is 1. The van der Waals surface area contributed by atoms with Crippen LogP contribution in [0.5, 0.6) is 0 Å². The lowest BCUT2D eigenvalue weighted by molar-refractivity contribution is 0.0945. The zero-order valence-electron chi connectivity index (χ0n) is 12.3. The Hall–Kier alpha value is -2.69. The lowest BCUT2D eigenvalue weighted by Crippen LogP contribution is -2.26. The smallest absolute Gasteiger partial charge is 0.270 e. The minimum absolute atomic E-state index is 0.0166. The van der Waals surface area contributed by atoms with E-state index >= 15 is 0 Å². The zero-order valence-corrected chi connectivity index (χ0v) is 12.3. The van der Waals surface area contributed by atoms with Crippen LogP contribution in [0.4, 0.5) is 11.4 Å². The first-order chi connectivity index (χ1) is 10.6. The molecule has 5 nitrogen and oxygen atoms in total. The number of carbonyl (C=O) groups excluding carboxylic acids is 2. The largest absolute Gasteiger partial charge is 0.355 e. The SMILES string of the molecule is CC(=O)c1cccc(Nc2ccnc(C(=O)NC3CC3)c2)c1. The number of aromatic nitrogens is 1. The number of pyridine rings is 1. The number of rotatable bonds is 5. The van der Waals surface area contributed by atoms with Crippen molar-refractivity contribution in [2.24, 2.45) is 0 Å². The number of hydrogen-bond donors (Lipinski definition) is 2. The number of carbonyl (C=O) groups is 2. The van der Waals surface area contributed by atoms with Crippen molar-refractivity contribution in [3.8, 4) is 0 Å². The Morgan fingerprint density at radius 2 is 1.91 bits per heavy atom. The summed E-state index contributed by atoms with van der Waals surface area (Å²) in [6, 6.07) is 11.0. The van der Waals surface area contributed by atoms with Crippen LogP contribution in [0, 0.1) is 0 Å². The van der Waals surface area contributed by atoms with Crippen LogP contribution in [0.3, 0.4) is 0 Å². The quantitative estimate of drug-likeness (QED) is 0.832. The average molecular weight is 295 g/mol. The monoisotopic (exact) mass is 295 g/mol. The zero-order chi connectivity index (χ0) is 15.5. The maximum atomic E-state index is 12.0. The molecule has 0 unspecified atom stereocenters. The van der Waals surface area contributed by atoms with E-state index in [9.17, 15) is 9.59 Å². The fraction of sp³-hybridized carbons (Fsp3) is 0.235. The van der Waals surface area contributed by atoms with E-state index in [-0.39, 0.29) is 11.7 Å². The molecule has 0 radical (unpaired) electrons. The minimum atomic E-state index is -0.149. The normalized spacial score (nSPS) is 13.5. The number of ketones is 1. The van der Waals surface area contributed by atoms with E-state index in [0.29, 0.717) is 17.3 Å². The Morgan fingerprint density at radius 1 is 1.14 bits per heavy atom. The van der Waals surface area contributed by atoms with Crippen molar-refractivity contribution >= 4 is 23.1 Å². The van der Waals surface area contributed by atoms with Crippen molar-refractivity contribution in [3.05, 3.63) is 53.9 Å². The number of nitrogens with zero attached hydrogens (tertiary/aromatic N) is 1. The van der Waals surface area contributed by atoms with E-state index in [1.54, 1.807) is 30.5 Å². The summed E-state index contributed by atoms with van der Waals surface area (Å²) >= 11 is 0. The summed E-state index contributed by atoms with van der Waals surface area (Å²) in [5, 5.41) is 6.10. The molecule has 1 aliphatic carbocycles. The van der Waals surface area contributed by atoms with Crippen LogP contribution in [-0.4, -0.2) is 22.7 Å². The number of anilines is 2. The highest BCUT2D eigenvalue weighted by molar-refractivity contribution is 5.95. The Balaban J connectivity index is 1.76. The number of nitrogens with one attached hydrogen (secondary N) is 2. The van der Waals surface area contributed by atoms with E-state index < -0.39 is 0 Å². The van der Waals surface area contributed by atoms with Crippen molar-refractivity contribution in [1.29, 1.82) is 0 Å². The van der Waals surface area contributed by atoms with Crippen molar-refractivity contribution in [1.82, 2.24) is 10.3 Å². The molecular formula is C17H17N3O2. The van der Waals surface area contributed by atoms with Crippen LogP contribution in [-0.2, 0) is 0 Å². The molecule has 1 aliphatic rings. The Labute approximate surface area is 128 Å². The van der Waals surface area contributed by atoms with Gasteiger partial charge in [0.15, 0.2) is 5.78 Å². The molecule has 3 rings (SSSR count). The standard InChI is InChI=1S/C17H17N3O2/c1-11(21)12-3-2-4-14(9-12)19-15-7-8-18-16(10-15)17(22)20-13-5-6-13/h2-4,7-10,13H,5-6H2,1H3,(H,18,19)(H,20,22). The van der Waals surface area contributed by atoms with Gasteiger partial charge in [-0.25, -0.2) is 0 Å². The minimum Gasteiger partial charge on any atom is -0.355 e. The van der Waals surface area contributed by atoms with Crippen molar-refractivity contribution in [2.45, 2.75) is 25.8 Å². The predicted molar refractivity (Wildman–Crippen MR) is 84.5 cm³/mol. The second kappa shape index (κ2) is 5.97. The van der Waals surface area contributed by atoms with Gasteiger partial charge in [0.25, 0.3) is 5.91 Å². The van der Waals surface area contributed by atoms with Crippen molar-refractivity contribution < 1.29 is 9.59 Å². The summed E-state index contributed by atoms with van der Waals surface area (Å²) in [6.07, 6.45) is 3.68. The molecule has 1 amide bonds. The molecular weight excluding hydrogens is 278 g/mol. The molecule has 0 atom stereocenters. The van der Waals surface area contributed by atoms with Crippen LogP contribution in [0.25, 0.3) is 0 Å². The second-order valence-electron chi connectivity index (χ2n) is 5.44. The third-order valence-electron chi connectivity index (χ3n) is 3.46. The Morgan fingerprint density at radius 3 is 2.64 bits per heavy atom. The first-order valence-corrected chi connectivity index (χ1v) is 7.27. The average Bonchev–Trinajstić information content (AvgIpc) is 3.32. The number of hydrogen-bond acceptors (Lipinski definition) is 4. The molecule has 0 aliphatic heterocycles. The molecule has 1 heterocycles. The molecule has 22 heavy (non-hydrogen) atoms. The molecule has 5 heteroatoms. The Kier molecular flexibility index (Phi) is 3.87. The summed E-state index contributed by atoms with van der Waals surface area (Å²) in [5.41, 5.74) is 2.59. The molecule has 1 fully saturated rings. The molecule has 1 aromatic carbocycles. The van der Waals surface area contributed by atoms with Gasteiger partial charge in [-0.15, -0.1) is 0 Å². The highest BCUT2D eigenvalue weighted by Gasteiger charge is 2.24. The third-order valence-corrected chi connectivity index (χ3v) is 3.46. The highest BCUT2D eigenvalue weighted by Crippen LogP contribution is 2.21. The van der Waals surface area contributed by atoms with E-state index in [1.807, 2.05) is 12.1 Å². The van der Waals surface area contributed by atoms with Gasteiger partial charge in [0.2, 0.25) is 0 Å². The van der Waals surface area contributed by atoms with Gasteiger partial charge in [0.1, 0.15) is 5.69 Å². The number of amides is 1. The predicted octanol–water partition coefficient (Wildman–Crippen LogP) is 2.92. The molecule has 1 saturated carbocycles. The van der Waals surface area contributed by atoms with Gasteiger partial charge in [-0.2, -0.15) is 0 Å². The van der Waals surface area contributed by atoms with Gasteiger partial charge in [-0.3, -0.25) is 14.6 Å². The van der Waals surface area contributed by atoms with Crippen LogP contribution in [0.2, 0.25) is 0 Å². The summed E-state index contributed by atoms with van der Waals surface area (Å²) in [6.45, 7) is 1.53. The summed E-state index contributed by atoms with van der Waals surface area (Å²) in [4.78, 5) is 27.5. The van der Waals surface area contributed by atoms with E-state index in [1.165, 1.54) is 6.92 Å². The van der Waals surface area contributed by atoms with Gasteiger partial charge in [-0.05, 0) is 44.0 Å². The first kappa shape index (κ1) is 14.3. The van der Waals surface area contributed by atoms with Gasteiger partial charge in [-0.1, -0.05) is 12.1 Å². The van der Waals surface area contributed by atoms with Gasteiger partial charge >= 0.3 is 0 Å². The molecule has 1 aromatic heterocycles. The number of Topliss-reactive ketones (excluding diaryl/α,β-unsaturated/α-hetero) is 1. The van der Waals surface area contributed by atoms with Crippen molar-refractivity contribution in [3.63, 3.8) is 0 Å². The maximum Gasteiger partial charge on any atom is 0.270 e. The fourth-order valence-electron chi connectivity index (χ4n) is 2.10. The van der Waals surface area contributed by atoms with Crippen LogP contribution >= 0.6 is 0 Å². The summed E-state index contributed by atoms with van der Waals surface area (Å²) in [7, 11) is 0. The van der Waals surface area contributed by atoms with E-state index in [0.717, 1.165) is 24.2 Å². The van der Waals surface area contributed by atoms with Crippen LogP contribution < -0.4 is 10.6 Å². The highest BCUT2D eigenvalue weighted by atomic mass is 16.2. The van der Waals surface area contributed by atoms with Crippen LogP contribution in [0.15, 0.2) is 42.6 Å². The Bertz CT molecular complexity index is 723. The molecule has 2 aromatic rings. The topological polar surface area (TPSA) is 71.1 Å². The molecule has 2 N–H and O–H groups in total. The third kappa shape index (κ3) is 3.49. The summed E-state index contributed by atoms with van der Waals surface area (Å²) in [5.74, 6) is -0.133. The first-order valence-electron chi connectivity index (χ1n) is 7.27. The van der Waals surface area contributed by atoms with Crippen LogP contribution in [0.1, 0.15) is 40.6 Å². The van der Waals surface area contributed by atoms with Gasteiger partial charge in [0, 0.05) is 29.2 Å². The van der Waals surface area contributed by atoms with E-state index in [4.69, 9.17) is 0 Å².